The molecular weight excluding hydrogens is 432 g/mol. The lowest BCUT2D eigenvalue weighted by Crippen LogP contribution is -2.25. The SMILES string of the molecule is COc1c(C2=NOC(c3ccccc3)N2)cc(C(C)(C)C)cc1-c1ccccc1-c1ccccc1. The number of nitrogens with zero attached hydrogens (tertiary/aromatic N) is 1. The van der Waals surface area contributed by atoms with Gasteiger partial charge in [-0.25, -0.2) is 0 Å². The van der Waals surface area contributed by atoms with Crippen molar-refractivity contribution in [1.82, 2.24) is 5.32 Å². The molecule has 0 aliphatic carbocycles. The van der Waals surface area contributed by atoms with Gasteiger partial charge in [0.1, 0.15) is 5.75 Å². The maximum atomic E-state index is 6.07. The summed E-state index contributed by atoms with van der Waals surface area (Å²) in [6, 6.07) is 33.4. The predicted octanol–water partition coefficient (Wildman–Crippen LogP) is 7.31. The summed E-state index contributed by atoms with van der Waals surface area (Å²) in [5.74, 6) is 1.44. The molecule has 0 saturated carbocycles. The minimum Gasteiger partial charge on any atom is -0.495 e. The Morgan fingerprint density at radius 2 is 1.34 bits per heavy atom. The lowest BCUT2D eigenvalue weighted by molar-refractivity contribution is 0.0729. The standard InChI is InChI=1S/C31H30N2O2/c1-31(2,3)23-19-26(25-18-12-11-17-24(25)21-13-7-5-8-14-21)28(34-4)27(20-23)29-32-30(35-33-29)22-15-9-6-10-16-22/h5-20,30H,1-4H3,(H,32,33). The highest BCUT2D eigenvalue weighted by Gasteiger charge is 2.28. The van der Waals surface area contributed by atoms with Crippen LogP contribution >= 0.6 is 0 Å². The third-order valence-corrected chi connectivity index (χ3v) is 6.34. The number of rotatable bonds is 5. The molecule has 0 radical (unpaired) electrons. The lowest BCUT2D eigenvalue weighted by atomic mass is 9.82. The van der Waals surface area contributed by atoms with Gasteiger partial charge in [0.25, 0.3) is 0 Å². The molecule has 1 heterocycles. The van der Waals surface area contributed by atoms with Crippen molar-refractivity contribution >= 4 is 5.84 Å². The summed E-state index contributed by atoms with van der Waals surface area (Å²) >= 11 is 0. The van der Waals surface area contributed by atoms with E-state index in [-0.39, 0.29) is 11.6 Å². The molecular formula is C31H30N2O2. The second-order valence-corrected chi connectivity index (χ2v) is 9.75. The number of methoxy groups -OCH3 is 1. The molecule has 5 rings (SSSR count). The first kappa shape index (κ1) is 22.7. The molecule has 0 saturated heterocycles. The van der Waals surface area contributed by atoms with Crippen LogP contribution in [0.5, 0.6) is 5.75 Å². The van der Waals surface area contributed by atoms with Gasteiger partial charge in [-0.3, -0.25) is 0 Å². The third kappa shape index (κ3) is 4.52. The first-order valence-electron chi connectivity index (χ1n) is 11.9. The molecule has 0 bridgehead atoms. The van der Waals surface area contributed by atoms with Crippen LogP contribution in [0.3, 0.4) is 0 Å². The molecule has 176 valence electrons. The molecule has 35 heavy (non-hydrogen) atoms. The van der Waals surface area contributed by atoms with Gasteiger partial charge in [0.2, 0.25) is 6.23 Å². The number of hydrogen-bond donors (Lipinski definition) is 1. The zero-order valence-electron chi connectivity index (χ0n) is 20.6. The van der Waals surface area contributed by atoms with E-state index < -0.39 is 0 Å². The number of benzene rings is 4. The van der Waals surface area contributed by atoms with Crippen molar-refractivity contribution in [3.63, 3.8) is 0 Å². The molecule has 0 fully saturated rings. The van der Waals surface area contributed by atoms with Crippen molar-refractivity contribution in [3.8, 4) is 28.0 Å². The minimum atomic E-state index is -0.339. The summed E-state index contributed by atoms with van der Waals surface area (Å²) in [5.41, 5.74) is 7.49. The number of hydrogen-bond acceptors (Lipinski definition) is 4. The molecule has 4 heteroatoms. The molecule has 1 aliphatic rings. The van der Waals surface area contributed by atoms with E-state index in [1.165, 1.54) is 5.56 Å². The van der Waals surface area contributed by atoms with Crippen molar-refractivity contribution in [3.05, 3.63) is 114 Å². The third-order valence-electron chi connectivity index (χ3n) is 6.34. The molecule has 4 nitrogen and oxygen atoms in total. The fourth-order valence-electron chi connectivity index (χ4n) is 4.43. The van der Waals surface area contributed by atoms with Gasteiger partial charge in [-0.05, 0) is 39.8 Å². The van der Waals surface area contributed by atoms with Crippen LogP contribution in [0, 0.1) is 0 Å². The molecule has 1 atom stereocenters. The number of nitrogens with one attached hydrogen (secondary N) is 1. The molecule has 1 unspecified atom stereocenters. The largest absolute Gasteiger partial charge is 0.495 e. The van der Waals surface area contributed by atoms with Gasteiger partial charge in [0.15, 0.2) is 5.84 Å². The Labute approximate surface area is 207 Å². The summed E-state index contributed by atoms with van der Waals surface area (Å²) in [6.45, 7) is 6.66. The quantitative estimate of drug-likeness (QED) is 0.338. The monoisotopic (exact) mass is 462 g/mol. The summed E-state index contributed by atoms with van der Waals surface area (Å²) in [6.07, 6.45) is -0.339. The van der Waals surface area contributed by atoms with Crippen molar-refractivity contribution < 1.29 is 9.57 Å². The van der Waals surface area contributed by atoms with E-state index >= 15 is 0 Å². The maximum Gasteiger partial charge on any atom is 0.224 e. The Bertz CT molecular complexity index is 1360. The Kier molecular flexibility index (Phi) is 6.04. The fourth-order valence-corrected chi connectivity index (χ4v) is 4.43. The lowest BCUT2D eigenvalue weighted by Gasteiger charge is -2.24. The first-order chi connectivity index (χ1) is 17.0. The zero-order valence-corrected chi connectivity index (χ0v) is 20.6. The van der Waals surface area contributed by atoms with E-state index in [0.717, 1.165) is 39.1 Å². The number of amidine groups is 1. The molecule has 0 amide bonds. The number of ether oxygens (including phenoxy) is 1. The van der Waals surface area contributed by atoms with Gasteiger partial charge >= 0.3 is 0 Å². The van der Waals surface area contributed by atoms with Gasteiger partial charge in [0.05, 0.1) is 12.7 Å². The molecule has 0 spiro atoms. The van der Waals surface area contributed by atoms with Crippen molar-refractivity contribution in [2.45, 2.75) is 32.4 Å². The van der Waals surface area contributed by atoms with Gasteiger partial charge in [0, 0.05) is 11.1 Å². The van der Waals surface area contributed by atoms with E-state index in [9.17, 15) is 0 Å². The second-order valence-electron chi connectivity index (χ2n) is 9.75. The predicted molar refractivity (Wildman–Crippen MR) is 143 cm³/mol. The Morgan fingerprint density at radius 1 is 0.743 bits per heavy atom. The van der Waals surface area contributed by atoms with Crippen LogP contribution < -0.4 is 10.1 Å². The van der Waals surface area contributed by atoms with Crippen molar-refractivity contribution in [2.75, 3.05) is 7.11 Å². The normalized spacial score (nSPS) is 15.2. The highest BCUT2D eigenvalue weighted by molar-refractivity contribution is 6.04. The van der Waals surface area contributed by atoms with Crippen LogP contribution in [-0.2, 0) is 10.3 Å². The van der Waals surface area contributed by atoms with Crippen LogP contribution in [-0.4, -0.2) is 12.9 Å². The minimum absolute atomic E-state index is 0.0731. The first-order valence-corrected chi connectivity index (χ1v) is 11.9. The van der Waals surface area contributed by atoms with E-state index in [1.807, 2.05) is 36.4 Å². The Hall–Kier alpha value is -4.05. The fraction of sp³-hybridized carbons (Fsp3) is 0.194. The zero-order chi connectivity index (χ0) is 24.4. The van der Waals surface area contributed by atoms with Crippen LogP contribution in [0.2, 0.25) is 0 Å². The summed E-state index contributed by atoms with van der Waals surface area (Å²) < 4.78 is 6.07. The number of oxime groups is 1. The maximum absolute atomic E-state index is 6.07. The summed E-state index contributed by atoms with van der Waals surface area (Å²) in [5, 5.41) is 7.89. The molecule has 4 aromatic carbocycles. The van der Waals surface area contributed by atoms with E-state index in [0.29, 0.717) is 5.84 Å². The van der Waals surface area contributed by atoms with Crippen LogP contribution in [0.25, 0.3) is 22.3 Å². The molecule has 0 aromatic heterocycles. The van der Waals surface area contributed by atoms with Crippen molar-refractivity contribution in [2.24, 2.45) is 5.16 Å². The molecule has 1 N–H and O–H groups in total. The van der Waals surface area contributed by atoms with Crippen LogP contribution in [0.15, 0.2) is 102 Å². The smallest absolute Gasteiger partial charge is 0.224 e. The highest BCUT2D eigenvalue weighted by atomic mass is 16.7. The average molecular weight is 463 g/mol. The summed E-state index contributed by atoms with van der Waals surface area (Å²) in [4.78, 5) is 5.79. The Morgan fingerprint density at radius 3 is 2.00 bits per heavy atom. The van der Waals surface area contributed by atoms with E-state index in [2.05, 4.69) is 91.9 Å². The van der Waals surface area contributed by atoms with Gasteiger partial charge < -0.3 is 14.9 Å². The van der Waals surface area contributed by atoms with Gasteiger partial charge in [-0.2, -0.15) is 0 Å². The van der Waals surface area contributed by atoms with Crippen molar-refractivity contribution in [1.29, 1.82) is 0 Å². The molecule has 1 aliphatic heterocycles. The average Bonchev–Trinajstić information content (AvgIpc) is 3.39. The van der Waals surface area contributed by atoms with Crippen LogP contribution in [0.1, 0.15) is 43.7 Å². The van der Waals surface area contributed by atoms with E-state index in [4.69, 9.17) is 9.57 Å². The second kappa shape index (κ2) is 9.30. The highest BCUT2D eigenvalue weighted by Crippen LogP contribution is 2.42. The summed E-state index contributed by atoms with van der Waals surface area (Å²) in [7, 11) is 1.72. The van der Waals surface area contributed by atoms with Gasteiger partial charge in [-0.1, -0.05) is 111 Å². The van der Waals surface area contributed by atoms with Gasteiger partial charge in [-0.15, -0.1) is 0 Å². The topological polar surface area (TPSA) is 42.9 Å². The van der Waals surface area contributed by atoms with Crippen LogP contribution in [0.4, 0.5) is 0 Å². The molecule has 4 aromatic rings. The Balaban J connectivity index is 1.66. The van der Waals surface area contributed by atoms with E-state index in [1.54, 1.807) is 7.11 Å².